The number of alkyl halides is 3. The Morgan fingerprint density at radius 3 is 2.32 bits per heavy atom. The first-order valence-corrected chi connectivity index (χ1v) is 6.86. The van der Waals surface area contributed by atoms with Crippen LogP contribution in [0.25, 0.3) is 0 Å². The van der Waals surface area contributed by atoms with Gasteiger partial charge in [0.2, 0.25) is 10.0 Å². The lowest BCUT2D eigenvalue weighted by Crippen LogP contribution is -2.45. The van der Waals surface area contributed by atoms with Crippen molar-refractivity contribution in [3.05, 3.63) is 29.8 Å². The lowest BCUT2D eigenvalue weighted by Gasteiger charge is -2.19. The third-order valence-corrected chi connectivity index (χ3v) is 3.59. The SMILES string of the molecule is CC(C)(N)CNS(=O)(=O)c1cccc(C(F)(F)F)c1. The number of nitrogens with one attached hydrogen (secondary N) is 1. The van der Waals surface area contributed by atoms with E-state index in [2.05, 4.69) is 4.72 Å². The van der Waals surface area contributed by atoms with Crippen LogP contribution >= 0.6 is 0 Å². The molecule has 0 bridgehead atoms. The summed E-state index contributed by atoms with van der Waals surface area (Å²) >= 11 is 0. The molecule has 8 heteroatoms. The molecule has 4 nitrogen and oxygen atoms in total. The van der Waals surface area contributed by atoms with Crippen LogP contribution in [0.1, 0.15) is 19.4 Å². The Labute approximate surface area is 109 Å². The molecule has 19 heavy (non-hydrogen) atoms. The molecule has 0 amide bonds. The van der Waals surface area contributed by atoms with Gasteiger partial charge in [-0.15, -0.1) is 0 Å². The number of hydrogen-bond donors (Lipinski definition) is 2. The summed E-state index contributed by atoms with van der Waals surface area (Å²) < 4.78 is 63.3. The smallest absolute Gasteiger partial charge is 0.324 e. The van der Waals surface area contributed by atoms with Crippen molar-refractivity contribution < 1.29 is 21.6 Å². The molecular formula is C11H15F3N2O2S. The van der Waals surface area contributed by atoms with E-state index in [1.54, 1.807) is 13.8 Å². The van der Waals surface area contributed by atoms with Gasteiger partial charge in [-0.2, -0.15) is 13.2 Å². The molecule has 0 fully saturated rings. The highest BCUT2D eigenvalue weighted by molar-refractivity contribution is 7.89. The molecule has 1 aromatic rings. The monoisotopic (exact) mass is 296 g/mol. The predicted octanol–water partition coefficient (Wildman–Crippen LogP) is 1.72. The molecule has 108 valence electrons. The predicted molar refractivity (Wildman–Crippen MR) is 64.9 cm³/mol. The molecule has 0 saturated carbocycles. The normalized spacial score (nSPS) is 13.6. The van der Waals surface area contributed by atoms with E-state index in [1.807, 2.05) is 0 Å². The molecule has 0 saturated heterocycles. The van der Waals surface area contributed by atoms with Gasteiger partial charge in [-0.3, -0.25) is 0 Å². The van der Waals surface area contributed by atoms with Gasteiger partial charge in [-0.1, -0.05) is 6.07 Å². The fourth-order valence-electron chi connectivity index (χ4n) is 1.20. The van der Waals surface area contributed by atoms with Crippen molar-refractivity contribution in [1.82, 2.24) is 4.72 Å². The zero-order valence-electron chi connectivity index (χ0n) is 10.5. The van der Waals surface area contributed by atoms with Gasteiger partial charge in [-0.25, -0.2) is 13.1 Å². The summed E-state index contributed by atoms with van der Waals surface area (Å²) in [4.78, 5) is -0.438. The van der Waals surface area contributed by atoms with Gasteiger partial charge in [0.1, 0.15) is 0 Å². The Morgan fingerprint density at radius 2 is 1.84 bits per heavy atom. The zero-order chi connectivity index (χ0) is 14.9. The highest BCUT2D eigenvalue weighted by atomic mass is 32.2. The Kier molecular flexibility index (Phi) is 4.28. The van der Waals surface area contributed by atoms with Gasteiger partial charge in [0.15, 0.2) is 0 Å². The molecule has 0 unspecified atom stereocenters. The first-order valence-electron chi connectivity index (χ1n) is 5.38. The van der Waals surface area contributed by atoms with Gasteiger partial charge >= 0.3 is 6.18 Å². The lowest BCUT2D eigenvalue weighted by atomic mass is 10.1. The van der Waals surface area contributed by atoms with Crippen molar-refractivity contribution in [3.63, 3.8) is 0 Å². The van der Waals surface area contributed by atoms with Gasteiger partial charge < -0.3 is 5.73 Å². The fraction of sp³-hybridized carbons (Fsp3) is 0.455. The van der Waals surface area contributed by atoms with Crippen LogP contribution in [0.3, 0.4) is 0 Å². The minimum atomic E-state index is -4.58. The number of hydrogen-bond acceptors (Lipinski definition) is 3. The summed E-state index contributed by atoms with van der Waals surface area (Å²) in [6.07, 6.45) is -4.58. The van der Waals surface area contributed by atoms with Crippen LogP contribution in [-0.2, 0) is 16.2 Å². The second-order valence-corrected chi connectivity index (χ2v) is 6.61. The molecular weight excluding hydrogens is 281 g/mol. The highest BCUT2D eigenvalue weighted by Gasteiger charge is 2.31. The molecule has 0 spiro atoms. The molecule has 0 aliphatic heterocycles. The van der Waals surface area contributed by atoms with E-state index >= 15 is 0 Å². The van der Waals surface area contributed by atoms with E-state index in [1.165, 1.54) is 0 Å². The number of rotatable bonds is 4. The van der Waals surface area contributed by atoms with Crippen molar-refractivity contribution in [2.75, 3.05) is 6.54 Å². The van der Waals surface area contributed by atoms with Crippen LogP contribution in [0.2, 0.25) is 0 Å². The van der Waals surface area contributed by atoms with Crippen LogP contribution in [0.15, 0.2) is 29.2 Å². The minimum absolute atomic E-state index is 0.0778. The molecule has 0 radical (unpaired) electrons. The topological polar surface area (TPSA) is 72.2 Å². The molecule has 0 atom stereocenters. The first kappa shape index (κ1) is 15.9. The van der Waals surface area contributed by atoms with E-state index in [9.17, 15) is 21.6 Å². The first-order chi connectivity index (χ1) is 8.42. The van der Waals surface area contributed by atoms with E-state index in [-0.39, 0.29) is 6.54 Å². The number of halogens is 3. The molecule has 0 heterocycles. The van der Waals surface area contributed by atoms with Crippen LogP contribution in [-0.4, -0.2) is 20.5 Å². The summed E-state index contributed by atoms with van der Waals surface area (Å²) in [5.41, 5.74) is 3.80. The Hall–Kier alpha value is -1.12. The van der Waals surface area contributed by atoms with Gasteiger partial charge in [0.25, 0.3) is 0 Å². The maximum absolute atomic E-state index is 12.5. The maximum atomic E-state index is 12.5. The highest BCUT2D eigenvalue weighted by Crippen LogP contribution is 2.30. The Bertz CT molecular complexity index is 548. The summed E-state index contributed by atoms with van der Waals surface area (Å²) in [5, 5.41) is 0. The molecule has 0 aliphatic carbocycles. The largest absolute Gasteiger partial charge is 0.416 e. The minimum Gasteiger partial charge on any atom is -0.324 e. The molecule has 1 rings (SSSR count). The standard InChI is InChI=1S/C11H15F3N2O2S/c1-10(2,15)7-16-19(17,18)9-5-3-4-8(6-9)11(12,13)14/h3-6,16H,7,15H2,1-2H3. The number of nitrogens with two attached hydrogens (primary N) is 1. The Balaban J connectivity index is 3.03. The summed E-state index contributed by atoms with van der Waals surface area (Å²) in [5.74, 6) is 0. The lowest BCUT2D eigenvalue weighted by molar-refractivity contribution is -0.137. The van der Waals surface area contributed by atoms with E-state index in [0.717, 1.165) is 18.2 Å². The molecule has 3 N–H and O–H groups in total. The van der Waals surface area contributed by atoms with Crippen LogP contribution in [0.4, 0.5) is 13.2 Å². The van der Waals surface area contributed by atoms with Crippen LogP contribution in [0.5, 0.6) is 0 Å². The van der Waals surface area contributed by atoms with Gasteiger partial charge in [-0.05, 0) is 32.0 Å². The van der Waals surface area contributed by atoms with E-state index in [4.69, 9.17) is 5.73 Å². The summed E-state index contributed by atoms with van der Waals surface area (Å²) in [6.45, 7) is 3.12. The second-order valence-electron chi connectivity index (χ2n) is 4.84. The average molecular weight is 296 g/mol. The second kappa shape index (κ2) is 5.10. The zero-order valence-corrected chi connectivity index (χ0v) is 11.3. The summed E-state index contributed by atoms with van der Waals surface area (Å²) in [6, 6.07) is 3.55. The third-order valence-electron chi connectivity index (χ3n) is 2.19. The number of benzene rings is 1. The fourth-order valence-corrected chi connectivity index (χ4v) is 2.47. The van der Waals surface area contributed by atoms with Crippen molar-refractivity contribution in [2.45, 2.75) is 30.5 Å². The third kappa shape index (κ3) is 4.81. The molecule has 1 aromatic carbocycles. The number of sulfonamides is 1. The average Bonchev–Trinajstić information content (AvgIpc) is 2.25. The Morgan fingerprint density at radius 1 is 1.26 bits per heavy atom. The van der Waals surface area contributed by atoms with E-state index in [0.29, 0.717) is 6.07 Å². The van der Waals surface area contributed by atoms with E-state index < -0.39 is 32.2 Å². The molecule has 0 aromatic heterocycles. The van der Waals surface area contributed by atoms with Crippen LogP contribution < -0.4 is 10.5 Å². The van der Waals surface area contributed by atoms with Crippen LogP contribution in [0, 0.1) is 0 Å². The van der Waals surface area contributed by atoms with Crippen molar-refractivity contribution >= 4 is 10.0 Å². The summed E-state index contributed by atoms with van der Waals surface area (Å²) in [7, 11) is -4.01. The quantitative estimate of drug-likeness (QED) is 0.888. The maximum Gasteiger partial charge on any atom is 0.416 e. The van der Waals surface area contributed by atoms with Gasteiger partial charge in [0, 0.05) is 12.1 Å². The van der Waals surface area contributed by atoms with Crippen molar-refractivity contribution in [1.29, 1.82) is 0 Å². The van der Waals surface area contributed by atoms with Crippen molar-refractivity contribution in [3.8, 4) is 0 Å². The van der Waals surface area contributed by atoms with Crippen molar-refractivity contribution in [2.24, 2.45) is 5.73 Å². The van der Waals surface area contributed by atoms with Gasteiger partial charge in [0.05, 0.1) is 10.5 Å². The molecule has 0 aliphatic rings.